The number of sulfonamides is 1. The first-order valence-electron chi connectivity index (χ1n) is 6.91. The van der Waals surface area contributed by atoms with Gasteiger partial charge in [0, 0.05) is 6.07 Å². The van der Waals surface area contributed by atoms with E-state index >= 15 is 0 Å². The summed E-state index contributed by atoms with van der Waals surface area (Å²) in [5.74, 6) is 0.253. The van der Waals surface area contributed by atoms with Gasteiger partial charge in [0.05, 0.1) is 25.7 Å². The van der Waals surface area contributed by atoms with Crippen molar-refractivity contribution in [1.29, 1.82) is 0 Å². The molecular weight excluding hydrogens is 321 g/mol. The van der Waals surface area contributed by atoms with Crippen LogP contribution in [0, 0.1) is 5.82 Å². The topological polar surface area (TPSA) is 64.6 Å². The van der Waals surface area contributed by atoms with E-state index in [1.807, 2.05) is 0 Å². The third-order valence-corrected chi connectivity index (χ3v) is 4.54. The fourth-order valence-electron chi connectivity index (χ4n) is 2.05. The molecule has 0 atom stereocenters. The molecule has 124 valence electrons. The molecule has 0 saturated carbocycles. The lowest BCUT2D eigenvalue weighted by atomic mass is 10.2. The van der Waals surface area contributed by atoms with Gasteiger partial charge in [-0.05, 0) is 30.2 Å². The fourth-order valence-corrected chi connectivity index (χ4v) is 3.14. The van der Waals surface area contributed by atoms with Crippen molar-refractivity contribution in [3.05, 3.63) is 53.8 Å². The van der Waals surface area contributed by atoms with E-state index in [0.29, 0.717) is 22.7 Å². The maximum atomic E-state index is 13.5. The summed E-state index contributed by atoms with van der Waals surface area (Å²) in [6.45, 7) is 0. The number of ether oxygens (including phenoxy) is 2. The Kier molecular flexibility index (Phi) is 5.44. The van der Waals surface area contributed by atoms with Crippen LogP contribution in [0.1, 0.15) is 5.56 Å². The van der Waals surface area contributed by atoms with Gasteiger partial charge < -0.3 is 9.47 Å². The van der Waals surface area contributed by atoms with E-state index in [2.05, 4.69) is 4.72 Å². The van der Waals surface area contributed by atoms with E-state index in [0.717, 1.165) is 0 Å². The van der Waals surface area contributed by atoms with Crippen molar-refractivity contribution < 1.29 is 22.3 Å². The molecule has 0 aromatic heterocycles. The van der Waals surface area contributed by atoms with Gasteiger partial charge in [-0.15, -0.1) is 0 Å². The Balaban J connectivity index is 2.11. The summed E-state index contributed by atoms with van der Waals surface area (Å²) >= 11 is 0. The number of halogens is 1. The number of benzene rings is 2. The summed E-state index contributed by atoms with van der Waals surface area (Å²) in [5.41, 5.74) is 0.668. The number of nitrogens with one attached hydrogen (secondary N) is 1. The highest BCUT2D eigenvalue weighted by Crippen LogP contribution is 2.29. The normalized spacial score (nSPS) is 11.1. The molecule has 0 amide bonds. The Labute approximate surface area is 135 Å². The lowest BCUT2D eigenvalue weighted by Gasteiger charge is -2.13. The van der Waals surface area contributed by atoms with Gasteiger partial charge in [0.25, 0.3) is 0 Å². The van der Waals surface area contributed by atoms with Crippen LogP contribution in [0.5, 0.6) is 11.5 Å². The van der Waals surface area contributed by atoms with Crippen molar-refractivity contribution in [2.24, 2.45) is 0 Å². The number of hydrogen-bond donors (Lipinski definition) is 1. The molecule has 0 aliphatic heterocycles. The van der Waals surface area contributed by atoms with Gasteiger partial charge in [0.1, 0.15) is 17.3 Å². The average Bonchev–Trinajstić information content (AvgIpc) is 2.54. The number of methoxy groups -OCH3 is 2. The molecule has 2 aromatic rings. The van der Waals surface area contributed by atoms with Gasteiger partial charge >= 0.3 is 0 Å². The predicted molar refractivity (Wildman–Crippen MR) is 87.1 cm³/mol. The molecule has 0 saturated heterocycles. The second kappa shape index (κ2) is 7.32. The van der Waals surface area contributed by atoms with E-state index in [9.17, 15) is 12.8 Å². The van der Waals surface area contributed by atoms with Gasteiger partial charge in [-0.1, -0.05) is 18.2 Å². The molecule has 1 N–H and O–H groups in total. The Morgan fingerprint density at radius 3 is 2.48 bits per heavy atom. The number of hydrogen-bond acceptors (Lipinski definition) is 4. The molecule has 7 heteroatoms. The Hall–Kier alpha value is -2.28. The maximum absolute atomic E-state index is 13.5. The number of anilines is 1. The largest absolute Gasteiger partial charge is 0.497 e. The first-order valence-corrected chi connectivity index (χ1v) is 8.56. The molecule has 0 radical (unpaired) electrons. The second-order valence-corrected chi connectivity index (χ2v) is 6.67. The van der Waals surface area contributed by atoms with E-state index in [1.165, 1.54) is 20.3 Å². The summed E-state index contributed by atoms with van der Waals surface area (Å²) in [4.78, 5) is 0. The molecule has 2 rings (SSSR count). The monoisotopic (exact) mass is 339 g/mol. The zero-order valence-electron chi connectivity index (χ0n) is 12.9. The summed E-state index contributed by atoms with van der Waals surface area (Å²) < 4.78 is 50.6. The van der Waals surface area contributed by atoms with Crippen LogP contribution in [0.15, 0.2) is 42.5 Å². The fraction of sp³-hybridized carbons (Fsp3) is 0.250. The quantitative estimate of drug-likeness (QED) is 0.842. The highest BCUT2D eigenvalue weighted by Gasteiger charge is 2.15. The standard InChI is InChI=1S/C16H18FNO4S/c1-21-13-7-8-15(16(11-13)22-2)18-23(19,20)10-9-12-5-3-4-6-14(12)17/h3-8,11,18H,9-10H2,1-2H3. The lowest BCUT2D eigenvalue weighted by molar-refractivity contribution is 0.395. The molecule has 2 aromatic carbocycles. The SMILES string of the molecule is COc1ccc(NS(=O)(=O)CCc2ccccc2F)c(OC)c1. The Morgan fingerprint density at radius 1 is 1.09 bits per heavy atom. The van der Waals surface area contributed by atoms with Crippen molar-refractivity contribution in [3.8, 4) is 11.5 Å². The molecule has 0 aliphatic rings. The van der Waals surface area contributed by atoms with Crippen molar-refractivity contribution >= 4 is 15.7 Å². The summed E-state index contributed by atoms with van der Waals surface area (Å²) in [6, 6.07) is 10.9. The van der Waals surface area contributed by atoms with Crippen LogP contribution < -0.4 is 14.2 Å². The summed E-state index contributed by atoms with van der Waals surface area (Å²) in [6.07, 6.45) is 0.0838. The summed E-state index contributed by atoms with van der Waals surface area (Å²) in [7, 11) is -0.696. The van der Waals surface area contributed by atoms with Crippen LogP contribution >= 0.6 is 0 Å². The van der Waals surface area contributed by atoms with Crippen molar-refractivity contribution in [3.63, 3.8) is 0 Å². The van der Waals surface area contributed by atoms with Crippen molar-refractivity contribution in [2.45, 2.75) is 6.42 Å². The maximum Gasteiger partial charge on any atom is 0.233 e. The van der Waals surface area contributed by atoms with E-state index in [4.69, 9.17) is 9.47 Å². The molecule has 0 spiro atoms. The number of aryl methyl sites for hydroxylation is 1. The Morgan fingerprint density at radius 2 is 1.83 bits per heavy atom. The van der Waals surface area contributed by atoms with Gasteiger partial charge in [0.15, 0.2) is 0 Å². The van der Waals surface area contributed by atoms with Crippen LogP contribution in [-0.2, 0) is 16.4 Å². The minimum absolute atomic E-state index is 0.0838. The molecule has 5 nitrogen and oxygen atoms in total. The van der Waals surface area contributed by atoms with Gasteiger partial charge in [-0.2, -0.15) is 0 Å². The predicted octanol–water partition coefficient (Wildman–Crippen LogP) is 2.83. The molecule has 23 heavy (non-hydrogen) atoms. The minimum Gasteiger partial charge on any atom is -0.497 e. The van der Waals surface area contributed by atoms with Crippen LogP contribution in [-0.4, -0.2) is 28.4 Å². The zero-order chi connectivity index (χ0) is 16.9. The lowest BCUT2D eigenvalue weighted by Crippen LogP contribution is -2.19. The van der Waals surface area contributed by atoms with Gasteiger partial charge in [0.2, 0.25) is 10.0 Å². The van der Waals surface area contributed by atoms with Crippen LogP contribution in [0.2, 0.25) is 0 Å². The average molecular weight is 339 g/mol. The Bertz CT molecular complexity index is 777. The number of rotatable bonds is 7. The third-order valence-electron chi connectivity index (χ3n) is 3.27. The van der Waals surface area contributed by atoms with Crippen molar-refractivity contribution in [2.75, 3.05) is 24.7 Å². The van der Waals surface area contributed by atoms with E-state index in [-0.39, 0.29) is 12.2 Å². The molecular formula is C16H18FNO4S. The van der Waals surface area contributed by atoms with E-state index in [1.54, 1.807) is 36.4 Å². The molecule has 0 bridgehead atoms. The van der Waals surface area contributed by atoms with Gasteiger partial charge in [-0.3, -0.25) is 4.72 Å². The zero-order valence-corrected chi connectivity index (χ0v) is 13.7. The summed E-state index contributed by atoms with van der Waals surface area (Å²) in [5, 5.41) is 0. The van der Waals surface area contributed by atoms with Crippen molar-refractivity contribution in [1.82, 2.24) is 0 Å². The first kappa shape index (κ1) is 17.1. The highest BCUT2D eigenvalue weighted by atomic mass is 32.2. The molecule has 0 aliphatic carbocycles. The molecule has 0 unspecified atom stereocenters. The van der Waals surface area contributed by atoms with Crippen LogP contribution in [0.3, 0.4) is 0 Å². The third kappa shape index (κ3) is 4.59. The minimum atomic E-state index is -3.64. The van der Waals surface area contributed by atoms with Crippen LogP contribution in [0.4, 0.5) is 10.1 Å². The second-order valence-electron chi connectivity index (χ2n) is 4.83. The van der Waals surface area contributed by atoms with Gasteiger partial charge in [-0.25, -0.2) is 12.8 Å². The smallest absolute Gasteiger partial charge is 0.233 e. The highest BCUT2D eigenvalue weighted by molar-refractivity contribution is 7.92. The molecule has 0 fully saturated rings. The first-order chi connectivity index (χ1) is 10.9. The molecule has 0 heterocycles. The van der Waals surface area contributed by atoms with E-state index < -0.39 is 15.8 Å². The van der Waals surface area contributed by atoms with Crippen LogP contribution in [0.25, 0.3) is 0 Å².